The average Bonchev–Trinajstić information content (AvgIpc) is 2.15. The van der Waals surface area contributed by atoms with Crippen LogP contribution >= 0.6 is 0 Å². The van der Waals surface area contributed by atoms with E-state index < -0.39 is 20.0 Å². The third-order valence-electron chi connectivity index (χ3n) is 2.87. The van der Waals surface area contributed by atoms with Gasteiger partial charge < -0.3 is 15.5 Å². The van der Waals surface area contributed by atoms with Gasteiger partial charge in [-0.1, -0.05) is 6.92 Å². The summed E-state index contributed by atoms with van der Waals surface area (Å²) in [6, 6.07) is 0. The number of aliphatic hydroxyl groups is 2. The topological polar surface area (TPSA) is 86.6 Å². The molecule has 0 aliphatic rings. The molecule has 0 saturated carbocycles. The van der Waals surface area contributed by atoms with Crippen molar-refractivity contribution in [3.8, 4) is 0 Å². The maximum absolute atomic E-state index is 11.4. The third-order valence-corrected chi connectivity index (χ3v) is 5.02. The van der Waals surface area contributed by atoms with Gasteiger partial charge in [0.25, 0.3) is 0 Å². The summed E-state index contributed by atoms with van der Waals surface area (Å²) in [5.74, 6) is 0. The maximum Gasteiger partial charge on any atom is 0.153 e. The van der Waals surface area contributed by atoms with E-state index in [1.54, 1.807) is 20.8 Å². The molecule has 98 valence electrons. The van der Waals surface area contributed by atoms with Gasteiger partial charge in [0, 0.05) is 24.8 Å². The zero-order valence-corrected chi connectivity index (χ0v) is 11.3. The van der Waals surface area contributed by atoms with E-state index in [9.17, 15) is 8.42 Å². The molecular weight excluding hydrogens is 230 g/mol. The van der Waals surface area contributed by atoms with E-state index in [1.165, 1.54) is 6.26 Å². The monoisotopic (exact) mass is 253 g/mol. The Bertz CT molecular complexity index is 307. The third kappa shape index (κ3) is 4.37. The van der Waals surface area contributed by atoms with Crippen LogP contribution < -0.4 is 5.32 Å². The molecular formula is C10H23NO4S. The number of nitrogens with one attached hydrogen (secondary N) is 1. The molecule has 0 spiro atoms. The second-order valence-corrected chi connectivity index (χ2v) is 7.91. The predicted molar refractivity (Wildman–Crippen MR) is 64.1 cm³/mol. The summed E-state index contributed by atoms with van der Waals surface area (Å²) in [6.07, 6.45) is 1.20. The first-order valence-corrected chi connectivity index (χ1v) is 7.09. The highest BCUT2D eigenvalue weighted by Gasteiger charge is 2.31. The van der Waals surface area contributed by atoms with Crippen molar-refractivity contribution < 1.29 is 18.6 Å². The molecule has 0 heterocycles. The number of hydrogen-bond acceptors (Lipinski definition) is 5. The molecule has 0 radical (unpaired) electrons. The van der Waals surface area contributed by atoms with E-state index in [0.29, 0.717) is 13.1 Å². The van der Waals surface area contributed by atoms with Gasteiger partial charge in [0.1, 0.15) is 0 Å². The van der Waals surface area contributed by atoms with Gasteiger partial charge in [-0.25, -0.2) is 8.42 Å². The molecule has 0 rings (SSSR count). The van der Waals surface area contributed by atoms with Gasteiger partial charge in [-0.2, -0.15) is 0 Å². The Morgan fingerprint density at radius 3 is 1.81 bits per heavy atom. The Labute approximate surface area is 97.8 Å². The van der Waals surface area contributed by atoms with Gasteiger partial charge in [0.05, 0.1) is 18.0 Å². The molecule has 6 heteroatoms. The molecule has 0 amide bonds. The average molecular weight is 253 g/mol. The lowest BCUT2D eigenvalue weighted by Gasteiger charge is -2.28. The summed E-state index contributed by atoms with van der Waals surface area (Å²) >= 11 is 0. The minimum absolute atomic E-state index is 0.143. The summed E-state index contributed by atoms with van der Waals surface area (Å²) < 4.78 is 22.0. The van der Waals surface area contributed by atoms with Crippen LogP contribution in [0.5, 0.6) is 0 Å². The van der Waals surface area contributed by atoms with Crippen molar-refractivity contribution >= 4 is 9.84 Å². The van der Waals surface area contributed by atoms with Gasteiger partial charge in [-0.15, -0.1) is 0 Å². The molecule has 0 aliphatic heterocycles. The molecule has 3 N–H and O–H groups in total. The molecule has 5 nitrogen and oxygen atoms in total. The minimum Gasteiger partial charge on any atom is -0.396 e. The Morgan fingerprint density at radius 1 is 1.06 bits per heavy atom. The van der Waals surface area contributed by atoms with Gasteiger partial charge in [-0.05, 0) is 13.8 Å². The minimum atomic E-state index is -3.12. The molecule has 0 fully saturated rings. The molecule has 0 aromatic heterocycles. The first-order chi connectivity index (χ1) is 7.08. The standard InChI is InChI=1S/C10H23NO4S/c1-9(2,16(4,14)15)5-11-6-10(3,7-12)8-13/h11-13H,5-8H2,1-4H3. The van der Waals surface area contributed by atoms with Crippen LogP contribution in [0.25, 0.3) is 0 Å². The predicted octanol–water partition coefficient (Wildman–Crippen LogP) is -0.610. The molecule has 0 unspecified atom stereocenters. The lowest BCUT2D eigenvalue weighted by Crippen LogP contribution is -2.46. The van der Waals surface area contributed by atoms with E-state index in [1.807, 2.05) is 0 Å². The summed E-state index contributed by atoms with van der Waals surface area (Å²) in [5.41, 5.74) is -0.617. The molecule has 0 saturated heterocycles. The van der Waals surface area contributed by atoms with Crippen LogP contribution in [0.1, 0.15) is 20.8 Å². The van der Waals surface area contributed by atoms with Crippen molar-refractivity contribution in [1.82, 2.24) is 5.32 Å². The Morgan fingerprint density at radius 2 is 1.50 bits per heavy atom. The maximum atomic E-state index is 11.4. The lowest BCUT2D eigenvalue weighted by molar-refractivity contribution is 0.0695. The van der Waals surface area contributed by atoms with Crippen LogP contribution in [0.2, 0.25) is 0 Å². The largest absolute Gasteiger partial charge is 0.396 e. The van der Waals surface area contributed by atoms with Crippen molar-refractivity contribution in [2.75, 3.05) is 32.6 Å². The molecule has 0 aromatic rings. The van der Waals surface area contributed by atoms with Crippen LogP contribution in [-0.2, 0) is 9.84 Å². The molecule has 0 aromatic carbocycles. The Balaban J connectivity index is 4.29. The first kappa shape index (κ1) is 15.8. The van der Waals surface area contributed by atoms with Crippen molar-refractivity contribution in [1.29, 1.82) is 0 Å². The van der Waals surface area contributed by atoms with Crippen LogP contribution in [0, 0.1) is 5.41 Å². The second-order valence-electron chi connectivity index (χ2n) is 5.26. The van der Waals surface area contributed by atoms with Gasteiger partial charge in [0.2, 0.25) is 0 Å². The fraction of sp³-hybridized carbons (Fsp3) is 1.00. The van der Waals surface area contributed by atoms with Crippen LogP contribution in [0.4, 0.5) is 0 Å². The van der Waals surface area contributed by atoms with Crippen molar-refractivity contribution in [3.63, 3.8) is 0 Å². The summed E-state index contributed by atoms with van der Waals surface area (Å²) in [7, 11) is -3.12. The normalized spacial score (nSPS) is 14.1. The highest BCUT2D eigenvalue weighted by molar-refractivity contribution is 7.92. The fourth-order valence-corrected chi connectivity index (χ4v) is 1.32. The lowest BCUT2D eigenvalue weighted by atomic mass is 9.93. The van der Waals surface area contributed by atoms with Crippen molar-refractivity contribution in [2.45, 2.75) is 25.5 Å². The van der Waals surface area contributed by atoms with Gasteiger partial charge in [0.15, 0.2) is 9.84 Å². The molecule has 0 atom stereocenters. The summed E-state index contributed by atoms with van der Waals surface area (Å²) in [5, 5.41) is 21.1. The first-order valence-electron chi connectivity index (χ1n) is 5.20. The number of rotatable bonds is 7. The number of aliphatic hydroxyl groups excluding tert-OH is 2. The molecule has 16 heavy (non-hydrogen) atoms. The van der Waals surface area contributed by atoms with Gasteiger partial charge >= 0.3 is 0 Å². The highest BCUT2D eigenvalue weighted by atomic mass is 32.2. The SMILES string of the molecule is CC(CO)(CO)CNCC(C)(C)S(C)(=O)=O. The van der Waals surface area contributed by atoms with E-state index >= 15 is 0 Å². The number of hydrogen-bond donors (Lipinski definition) is 3. The summed E-state index contributed by atoms with van der Waals surface area (Å²) in [4.78, 5) is 0. The van der Waals surface area contributed by atoms with Crippen molar-refractivity contribution in [2.24, 2.45) is 5.41 Å². The molecule has 0 aliphatic carbocycles. The second kappa shape index (κ2) is 5.44. The van der Waals surface area contributed by atoms with Crippen LogP contribution in [-0.4, -0.2) is 55.9 Å². The van der Waals surface area contributed by atoms with E-state index in [0.717, 1.165) is 0 Å². The van der Waals surface area contributed by atoms with Crippen LogP contribution in [0.3, 0.4) is 0 Å². The van der Waals surface area contributed by atoms with E-state index in [4.69, 9.17) is 10.2 Å². The zero-order chi connectivity index (χ0) is 13.0. The van der Waals surface area contributed by atoms with E-state index in [-0.39, 0.29) is 13.2 Å². The van der Waals surface area contributed by atoms with Crippen molar-refractivity contribution in [3.05, 3.63) is 0 Å². The Kier molecular flexibility index (Phi) is 5.38. The van der Waals surface area contributed by atoms with Gasteiger partial charge in [-0.3, -0.25) is 0 Å². The fourth-order valence-electron chi connectivity index (χ4n) is 0.958. The summed E-state index contributed by atoms with van der Waals surface area (Å²) in [6.45, 7) is 5.40. The smallest absolute Gasteiger partial charge is 0.153 e. The van der Waals surface area contributed by atoms with Crippen LogP contribution in [0.15, 0.2) is 0 Å². The van der Waals surface area contributed by atoms with E-state index in [2.05, 4.69) is 5.32 Å². The Hall–Kier alpha value is -0.170. The zero-order valence-electron chi connectivity index (χ0n) is 10.4. The highest BCUT2D eigenvalue weighted by Crippen LogP contribution is 2.16. The quantitative estimate of drug-likeness (QED) is 0.563. The molecule has 0 bridgehead atoms. The number of sulfone groups is 1.